The van der Waals surface area contributed by atoms with Gasteiger partial charge in [-0.15, -0.1) is 0 Å². The van der Waals surface area contributed by atoms with Crippen molar-refractivity contribution in [2.45, 2.75) is 32.1 Å². The average molecular weight is 334 g/mol. The smallest absolute Gasteiger partial charge is 0.241 e. The van der Waals surface area contributed by atoms with Crippen molar-refractivity contribution in [3.05, 3.63) is 41.1 Å². The van der Waals surface area contributed by atoms with Gasteiger partial charge in [-0.1, -0.05) is 32.0 Å². The Morgan fingerprint density at radius 3 is 2.72 bits per heavy atom. The predicted molar refractivity (Wildman–Crippen MR) is 92.5 cm³/mol. The summed E-state index contributed by atoms with van der Waals surface area (Å²) < 4.78 is 0. The van der Waals surface area contributed by atoms with E-state index in [1.54, 1.807) is 24.3 Å². The molecular formula is C19H18N4O2. The van der Waals surface area contributed by atoms with Gasteiger partial charge in [-0.05, 0) is 23.5 Å². The maximum atomic E-state index is 13.1. The van der Waals surface area contributed by atoms with Gasteiger partial charge < -0.3 is 11.1 Å². The second-order valence-corrected chi connectivity index (χ2v) is 7.67. The Morgan fingerprint density at radius 2 is 2.00 bits per heavy atom. The quantitative estimate of drug-likeness (QED) is 0.756. The predicted octanol–water partition coefficient (Wildman–Crippen LogP) is 2.03. The molecule has 4 rings (SSSR count). The number of hydrogen-bond donors (Lipinski definition) is 2. The van der Waals surface area contributed by atoms with Gasteiger partial charge in [0.25, 0.3) is 0 Å². The number of para-hydroxylation sites is 1. The second-order valence-electron chi connectivity index (χ2n) is 7.67. The number of ketones is 1. The number of anilines is 1. The number of aliphatic imine (C=N–C) groups is 1. The topological polar surface area (TPSA) is 108 Å². The van der Waals surface area contributed by atoms with Crippen LogP contribution in [0.5, 0.6) is 0 Å². The molecule has 2 heterocycles. The van der Waals surface area contributed by atoms with Crippen LogP contribution in [0.4, 0.5) is 5.69 Å². The Hall–Kier alpha value is -2.94. The summed E-state index contributed by atoms with van der Waals surface area (Å²) >= 11 is 0. The third-order valence-electron chi connectivity index (χ3n) is 5.33. The minimum atomic E-state index is -1.40. The number of carbonyl (C=O) groups excluding carboxylic acids is 2. The van der Waals surface area contributed by atoms with Crippen LogP contribution in [-0.4, -0.2) is 17.5 Å². The van der Waals surface area contributed by atoms with E-state index in [1.165, 1.54) is 0 Å². The lowest BCUT2D eigenvalue weighted by atomic mass is 9.59. The zero-order valence-corrected chi connectivity index (χ0v) is 14.1. The zero-order chi connectivity index (χ0) is 18.0. The molecule has 1 aliphatic carbocycles. The molecule has 3 N–H and O–H groups in total. The molecule has 0 radical (unpaired) electrons. The van der Waals surface area contributed by atoms with Crippen molar-refractivity contribution in [3.8, 4) is 6.07 Å². The highest BCUT2D eigenvalue weighted by Crippen LogP contribution is 2.54. The van der Waals surface area contributed by atoms with Crippen LogP contribution in [0.2, 0.25) is 0 Å². The van der Waals surface area contributed by atoms with Crippen LogP contribution < -0.4 is 11.1 Å². The van der Waals surface area contributed by atoms with E-state index >= 15 is 0 Å². The number of rotatable bonds is 0. The second kappa shape index (κ2) is 4.79. The fourth-order valence-electron chi connectivity index (χ4n) is 4.39. The summed E-state index contributed by atoms with van der Waals surface area (Å²) in [6.45, 7) is 3.98. The highest BCUT2D eigenvalue weighted by Gasteiger charge is 2.62. The molecule has 1 amide bonds. The Balaban J connectivity index is 2.08. The first-order chi connectivity index (χ1) is 11.8. The summed E-state index contributed by atoms with van der Waals surface area (Å²) in [6.07, 6.45) is 0.862. The largest absolute Gasteiger partial charge is 0.386 e. The van der Waals surface area contributed by atoms with Gasteiger partial charge in [-0.25, -0.2) is 4.99 Å². The van der Waals surface area contributed by atoms with Crippen LogP contribution in [0.1, 0.15) is 32.3 Å². The summed E-state index contributed by atoms with van der Waals surface area (Å²) in [4.78, 5) is 30.6. The van der Waals surface area contributed by atoms with Gasteiger partial charge in [-0.2, -0.15) is 5.26 Å². The molecule has 2 atom stereocenters. The number of amidine groups is 1. The van der Waals surface area contributed by atoms with Gasteiger partial charge in [0.2, 0.25) is 5.91 Å². The van der Waals surface area contributed by atoms with Crippen LogP contribution in [-0.2, 0) is 15.0 Å². The molecular weight excluding hydrogens is 316 g/mol. The first-order valence-corrected chi connectivity index (χ1v) is 8.23. The van der Waals surface area contributed by atoms with E-state index in [4.69, 9.17) is 5.73 Å². The summed E-state index contributed by atoms with van der Waals surface area (Å²) in [5.41, 5.74) is 6.58. The number of amides is 1. The van der Waals surface area contributed by atoms with Crippen LogP contribution in [0.15, 0.2) is 40.5 Å². The molecule has 126 valence electrons. The van der Waals surface area contributed by atoms with Crippen LogP contribution in [0.3, 0.4) is 0 Å². The van der Waals surface area contributed by atoms with Crippen molar-refractivity contribution < 1.29 is 9.59 Å². The Labute approximate surface area is 145 Å². The zero-order valence-electron chi connectivity index (χ0n) is 14.1. The van der Waals surface area contributed by atoms with Crippen molar-refractivity contribution in [2.24, 2.45) is 22.1 Å². The summed E-state index contributed by atoms with van der Waals surface area (Å²) in [5, 5.41) is 12.6. The van der Waals surface area contributed by atoms with Crippen LogP contribution in [0.25, 0.3) is 0 Å². The van der Waals surface area contributed by atoms with Crippen LogP contribution in [0, 0.1) is 22.7 Å². The molecule has 1 unspecified atom stereocenters. The van der Waals surface area contributed by atoms with E-state index in [9.17, 15) is 14.9 Å². The van der Waals surface area contributed by atoms with E-state index in [2.05, 4.69) is 16.4 Å². The summed E-state index contributed by atoms with van der Waals surface area (Å²) in [7, 11) is 0. The monoisotopic (exact) mass is 334 g/mol. The van der Waals surface area contributed by atoms with Crippen LogP contribution >= 0.6 is 0 Å². The number of allylic oxidation sites excluding steroid dienone is 1. The number of fused-ring (bicyclic) bond motifs is 3. The highest BCUT2D eigenvalue weighted by atomic mass is 16.2. The average Bonchev–Trinajstić information content (AvgIpc) is 2.79. The van der Waals surface area contributed by atoms with Gasteiger partial charge in [0.1, 0.15) is 17.2 Å². The Kier molecular flexibility index (Phi) is 2.99. The van der Waals surface area contributed by atoms with Crippen molar-refractivity contribution in [1.82, 2.24) is 0 Å². The standard InChI is InChI=1S/C19H18N4O2/c1-18(2)7-13-15(14(24)8-18)19(11(9-20)16(21)22-13)10-5-3-4-6-12(10)23-17(19)25/h3-6,11H,7-8H2,1-2H3,(H2,21,22)(H,23,25)/t11?,19-/m0/s1. The van der Waals surface area contributed by atoms with Gasteiger partial charge in [0, 0.05) is 17.7 Å². The van der Waals surface area contributed by atoms with E-state index in [1.807, 2.05) is 13.8 Å². The molecule has 1 aromatic rings. The van der Waals surface area contributed by atoms with Crippen molar-refractivity contribution in [1.29, 1.82) is 5.26 Å². The van der Waals surface area contributed by atoms with Crippen molar-refractivity contribution >= 4 is 23.2 Å². The summed E-state index contributed by atoms with van der Waals surface area (Å²) in [5.74, 6) is -1.41. The minimum Gasteiger partial charge on any atom is -0.386 e. The fraction of sp³-hybridized carbons (Fsp3) is 0.368. The Bertz CT molecular complexity index is 935. The number of Topliss-reactive ketones (excluding diaryl/α,β-unsaturated/α-hetero) is 1. The highest BCUT2D eigenvalue weighted by molar-refractivity contribution is 6.20. The third kappa shape index (κ3) is 1.86. The molecule has 0 saturated heterocycles. The van der Waals surface area contributed by atoms with Gasteiger partial charge in [-0.3, -0.25) is 9.59 Å². The van der Waals surface area contributed by atoms with Gasteiger partial charge in [0.05, 0.1) is 11.8 Å². The lowest BCUT2D eigenvalue weighted by Crippen LogP contribution is -2.54. The normalized spacial score (nSPS) is 29.6. The Morgan fingerprint density at radius 1 is 1.28 bits per heavy atom. The first-order valence-electron chi connectivity index (χ1n) is 8.23. The molecule has 0 fully saturated rings. The number of nitrogens with two attached hydrogens (primary N) is 1. The maximum Gasteiger partial charge on any atom is 0.241 e. The third-order valence-corrected chi connectivity index (χ3v) is 5.33. The van der Waals surface area contributed by atoms with E-state index in [0.29, 0.717) is 35.4 Å². The molecule has 25 heavy (non-hydrogen) atoms. The lowest BCUT2D eigenvalue weighted by Gasteiger charge is -2.42. The molecule has 1 aromatic carbocycles. The molecule has 3 aliphatic rings. The molecule has 1 spiro atoms. The van der Waals surface area contributed by atoms with Gasteiger partial charge >= 0.3 is 0 Å². The molecule has 0 aromatic heterocycles. The first kappa shape index (κ1) is 15.6. The molecule has 0 saturated carbocycles. The number of benzene rings is 1. The number of hydrogen-bond acceptors (Lipinski definition) is 5. The minimum absolute atomic E-state index is 0.0959. The molecule has 6 nitrogen and oxygen atoms in total. The number of nitrogens with one attached hydrogen (secondary N) is 1. The summed E-state index contributed by atoms with van der Waals surface area (Å²) in [6, 6.07) is 9.29. The molecule has 2 aliphatic heterocycles. The van der Waals surface area contributed by atoms with Crippen molar-refractivity contribution in [2.75, 3.05) is 5.32 Å². The van der Waals surface area contributed by atoms with E-state index in [0.717, 1.165) is 0 Å². The molecule has 0 bridgehead atoms. The lowest BCUT2D eigenvalue weighted by molar-refractivity contribution is -0.125. The maximum absolute atomic E-state index is 13.1. The van der Waals surface area contributed by atoms with Crippen molar-refractivity contribution in [3.63, 3.8) is 0 Å². The number of nitriles is 1. The fourth-order valence-corrected chi connectivity index (χ4v) is 4.39. The number of nitrogens with zero attached hydrogens (tertiary/aromatic N) is 2. The van der Waals surface area contributed by atoms with Gasteiger partial charge in [0.15, 0.2) is 5.78 Å². The molecule has 6 heteroatoms. The van der Waals surface area contributed by atoms with E-state index < -0.39 is 11.3 Å². The SMILES string of the molecule is CC1(C)CC(=O)C2=C(C1)N=C(N)C(C#N)[C@]21C(=O)Nc2ccccc21. The van der Waals surface area contributed by atoms with E-state index in [-0.39, 0.29) is 22.9 Å². The number of carbonyl (C=O) groups is 2.